The number of nitrogens with one attached hydrogen (secondary N) is 1. The number of benzene rings is 1. The molecule has 1 saturated heterocycles. The second kappa shape index (κ2) is 8.55. The Labute approximate surface area is 186 Å². The summed E-state index contributed by atoms with van der Waals surface area (Å²) >= 11 is 5.97. The summed E-state index contributed by atoms with van der Waals surface area (Å²) in [6, 6.07) is 9.25. The SMILES string of the molecule is CC(C)[C@H]1CN(C)C(=O)N1c1ccnc(N[C@@H](C)c2cn(-c3ccc(Cl)cc3)cn2)n1. The molecule has 4 rings (SSSR count). The second-order valence-electron chi connectivity index (χ2n) is 8.13. The molecule has 0 radical (unpaired) electrons. The lowest BCUT2D eigenvalue weighted by atomic mass is 10.0. The summed E-state index contributed by atoms with van der Waals surface area (Å²) in [7, 11) is 1.82. The lowest BCUT2D eigenvalue weighted by Gasteiger charge is -2.25. The van der Waals surface area contributed by atoms with Crippen LogP contribution in [0.3, 0.4) is 0 Å². The summed E-state index contributed by atoms with van der Waals surface area (Å²) in [6.45, 7) is 6.91. The van der Waals surface area contributed by atoms with Crippen molar-refractivity contribution in [3.05, 3.63) is 59.8 Å². The monoisotopic (exact) mass is 439 g/mol. The predicted octanol–water partition coefficient (Wildman–Crippen LogP) is 4.39. The molecule has 0 saturated carbocycles. The van der Waals surface area contributed by atoms with Crippen LogP contribution in [0.15, 0.2) is 49.1 Å². The van der Waals surface area contributed by atoms with Gasteiger partial charge in [0, 0.05) is 36.7 Å². The number of urea groups is 1. The standard InChI is InChI=1S/C22H26ClN7O/c1-14(2)19-12-28(4)22(31)30(19)20-9-10-24-21(27-20)26-15(3)18-11-29(13-25-18)17-7-5-16(23)6-8-17/h5-11,13-15,19H,12H2,1-4H3,(H,24,26,27)/t15-,19+/m0/s1. The topological polar surface area (TPSA) is 79.2 Å². The van der Waals surface area contributed by atoms with Crippen molar-refractivity contribution in [2.75, 3.05) is 23.8 Å². The number of anilines is 2. The molecule has 2 amide bonds. The van der Waals surface area contributed by atoms with Crippen LogP contribution in [-0.4, -0.2) is 50.1 Å². The third kappa shape index (κ3) is 4.34. The van der Waals surface area contributed by atoms with Crippen LogP contribution in [0, 0.1) is 5.92 Å². The first kappa shape index (κ1) is 21.1. The maximum Gasteiger partial charge on any atom is 0.325 e. The fourth-order valence-corrected chi connectivity index (χ4v) is 3.81. The lowest BCUT2D eigenvalue weighted by molar-refractivity contribution is 0.229. The van der Waals surface area contributed by atoms with E-state index in [1.54, 1.807) is 28.4 Å². The first-order valence-corrected chi connectivity index (χ1v) is 10.6. The zero-order valence-corrected chi connectivity index (χ0v) is 18.8. The molecule has 1 aromatic carbocycles. The van der Waals surface area contributed by atoms with Gasteiger partial charge in [-0.15, -0.1) is 0 Å². The van der Waals surface area contributed by atoms with Crippen molar-refractivity contribution in [2.45, 2.75) is 32.9 Å². The zero-order valence-electron chi connectivity index (χ0n) is 18.0. The predicted molar refractivity (Wildman–Crippen MR) is 122 cm³/mol. The number of carbonyl (C=O) groups is 1. The van der Waals surface area contributed by atoms with Crippen LogP contribution in [-0.2, 0) is 0 Å². The first-order chi connectivity index (χ1) is 14.8. The molecule has 9 heteroatoms. The van der Waals surface area contributed by atoms with Crippen LogP contribution < -0.4 is 10.2 Å². The molecule has 1 fully saturated rings. The van der Waals surface area contributed by atoms with Gasteiger partial charge < -0.3 is 14.8 Å². The number of aromatic nitrogens is 4. The van der Waals surface area contributed by atoms with Crippen molar-refractivity contribution in [1.29, 1.82) is 0 Å². The summed E-state index contributed by atoms with van der Waals surface area (Å²) in [5, 5.41) is 3.99. The number of halogens is 1. The summed E-state index contributed by atoms with van der Waals surface area (Å²) < 4.78 is 1.94. The van der Waals surface area contributed by atoms with Gasteiger partial charge in [0.15, 0.2) is 0 Å². The molecule has 0 spiro atoms. The van der Waals surface area contributed by atoms with E-state index in [2.05, 4.69) is 34.1 Å². The van der Waals surface area contributed by atoms with E-state index in [0.29, 0.717) is 29.3 Å². The fraction of sp³-hybridized carbons (Fsp3) is 0.364. The summed E-state index contributed by atoms with van der Waals surface area (Å²) in [5.41, 5.74) is 1.82. The van der Waals surface area contributed by atoms with Gasteiger partial charge >= 0.3 is 6.03 Å². The third-order valence-electron chi connectivity index (χ3n) is 5.50. The maximum absolute atomic E-state index is 12.7. The molecule has 2 atom stereocenters. The van der Waals surface area contributed by atoms with Gasteiger partial charge in [-0.25, -0.2) is 14.8 Å². The number of carbonyl (C=O) groups excluding carboxylic acids is 1. The molecule has 0 unspecified atom stereocenters. The Balaban J connectivity index is 1.51. The van der Waals surface area contributed by atoms with Crippen LogP contribution in [0.4, 0.5) is 16.6 Å². The zero-order chi connectivity index (χ0) is 22.1. The Morgan fingerprint density at radius 2 is 1.87 bits per heavy atom. The average Bonchev–Trinajstić information content (AvgIpc) is 3.34. The highest BCUT2D eigenvalue weighted by Crippen LogP contribution is 2.27. The Morgan fingerprint density at radius 3 is 2.58 bits per heavy atom. The molecular weight excluding hydrogens is 414 g/mol. The highest BCUT2D eigenvalue weighted by Gasteiger charge is 2.38. The van der Waals surface area contributed by atoms with Crippen molar-refractivity contribution >= 4 is 29.4 Å². The van der Waals surface area contributed by atoms with Crippen molar-refractivity contribution in [2.24, 2.45) is 5.92 Å². The van der Waals surface area contributed by atoms with Gasteiger partial charge in [-0.3, -0.25) is 4.90 Å². The average molecular weight is 440 g/mol. The van der Waals surface area contributed by atoms with Crippen LogP contribution in [0.5, 0.6) is 0 Å². The number of hydrogen-bond acceptors (Lipinski definition) is 5. The molecule has 162 valence electrons. The van der Waals surface area contributed by atoms with E-state index < -0.39 is 0 Å². The van der Waals surface area contributed by atoms with Gasteiger partial charge in [-0.05, 0) is 43.2 Å². The molecule has 0 bridgehead atoms. The number of amides is 2. The van der Waals surface area contributed by atoms with E-state index in [1.807, 2.05) is 49.0 Å². The van der Waals surface area contributed by atoms with Crippen LogP contribution in [0.2, 0.25) is 5.02 Å². The van der Waals surface area contributed by atoms with Gasteiger partial charge in [0.1, 0.15) is 5.82 Å². The largest absolute Gasteiger partial charge is 0.346 e. The number of imidazole rings is 1. The van der Waals surface area contributed by atoms with Crippen LogP contribution in [0.25, 0.3) is 5.69 Å². The Kier molecular flexibility index (Phi) is 5.82. The first-order valence-electron chi connectivity index (χ1n) is 10.3. The third-order valence-corrected chi connectivity index (χ3v) is 5.75. The highest BCUT2D eigenvalue weighted by molar-refractivity contribution is 6.30. The van der Waals surface area contributed by atoms with E-state index in [1.165, 1.54) is 0 Å². The van der Waals surface area contributed by atoms with Gasteiger partial charge in [0.05, 0.1) is 24.1 Å². The Bertz CT molecular complexity index is 1070. The van der Waals surface area contributed by atoms with E-state index in [0.717, 1.165) is 11.4 Å². The lowest BCUT2D eigenvalue weighted by Crippen LogP contribution is -2.38. The van der Waals surface area contributed by atoms with E-state index >= 15 is 0 Å². The van der Waals surface area contributed by atoms with Crippen LogP contribution >= 0.6 is 11.6 Å². The molecule has 3 aromatic rings. The van der Waals surface area contributed by atoms with Gasteiger partial charge in [0.2, 0.25) is 5.95 Å². The smallest absolute Gasteiger partial charge is 0.325 e. The molecule has 31 heavy (non-hydrogen) atoms. The quantitative estimate of drug-likeness (QED) is 0.616. The Morgan fingerprint density at radius 1 is 1.13 bits per heavy atom. The molecule has 0 aliphatic carbocycles. The van der Waals surface area contributed by atoms with Gasteiger partial charge in [-0.2, -0.15) is 4.98 Å². The second-order valence-corrected chi connectivity index (χ2v) is 8.57. The summed E-state index contributed by atoms with van der Waals surface area (Å²) in [5.74, 6) is 1.37. The molecule has 3 heterocycles. The molecule has 8 nitrogen and oxygen atoms in total. The number of hydrogen-bond donors (Lipinski definition) is 1. The molecular formula is C22H26ClN7O. The Hall–Kier alpha value is -3.13. The van der Waals surface area contributed by atoms with Crippen molar-refractivity contribution in [3.63, 3.8) is 0 Å². The van der Waals surface area contributed by atoms with Crippen molar-refractivity contribution < 1.29 is 4.79 Å². The normalized spacial score (nSPS) is 17.5. The van der Waals surface area contributed by atoms with E-state index in [9.17, 15) is 4.79 Å². The molecule has 2 aromatic heterocycles. The molecule has 1 aliphatic heterocycles. The maximum atomic E-state index is 12.7. The van der Waals surface area contributed by atoms with E-state index in [4.69, 9.17) is 11.6 Å². The van der Waals surface area contributed by atoms with Crippen LogP contribution in [0.1, 0.15) is 32.5 Å². The summed E-state index contributed by atoms with van der Waals surface area (Å²) in [6.07, 6.45) is 5.39. The summed E-state index contributed by atoms with van der Waals surface area (Å²) in [4.78, 5) is 29.6. The molecule has 1 N–H and O–H groups in total. The van der Waals surface area contributed by atoms with Gasteiger partial charge in [-0.1, -0.05) is 25.4 Å². The molecule has 1 aliphatic rings. The van der Waals surface area contributed by atoms with Gasteiger partial charge in [0.25, 0.3) is 0 Å². The van der Waals surface area contributed by atoms with E-state index in [-0.39, 0.29) is 18.1 Å². The van der Waals surface area contributed by atoms with Crippen molar-refractivity contribution in [3.8, 4) is 5.69 Å². The fourth-order valence-electron chi connectivity index (χ4n) is 3.68. The minimum Gasteiger partial charge on any atom is -0.346 e. The minimum atomic E-state index is -0.123. The number of rotatable bonds is 6. The van der Waals surface area contributed by atoms with Crippen molar-refractivity contribution in [1.82, 2.24) is 24.4 Å². The minimum absolute atomic E-state index is 0.0434. The highest BCUT2D eigenvalue weighted by atomic mass is 35.5. The number of likely N-dealkylation sites (N-methyl/N-ethyl adjacent to an activating group) is 1. The number of nitrogens with zero attached hydrogens (tertiary/aromatic N) is 6.